The van der Waals surface area contributed by atoms with Gasteiger partial charge in [-0.15, -0.1) is 0 Å². The number of esters is 1. The van der Waals surface area contributed by atoms with E-state index in [4.69, 9.17) is 4.74 Å². The van der Waals surface area contributed by atoms with Gasteiger partial charge in [-0.1, -0.05) is 18.2 Å². The summed E-state index contributed by atoms with van der Waals surface area (Å²) in [5, 5.41) is 10.2. The molecule has 0 aliphatic rings. The Hall–Kier alpha value is -2.61. The fraction of sp³-hybridized carbons (Fsp3) is 0.312. The average Bonchev–Trinajstić information content (AvgIpc) is 2.51. The molecule has 0 amide bonds. The molecular formula is C16H17N3O2. The van der Waals surface area contributed by atoms with Crippen LogP contribution in [0.3, 0.4) is 0 Å². The standard InChI is InChI=1S/C16H17N3O2/c1-3-21-15(20)8-9-19(2)16-13(11-17)10-12-6-4-5-7-14(12)18-16/h4-7,10H,3,8-9H2,1-2H3. The van der Waals surface area contributed by atoms with E-state index >= 15 is 0 Å². The number of hydrogen-bond donors (Lipinski definition) is 0. The van der Waals surface area contributed by atoms with Gasteiger partial charge >= 0.3 is 5.97 Å². The molecule has 0 saturated heterocycles. The lowest BCUT2D eigenvalue weighted by Gasteiger charge is -2.19. The van der Waals surface area contributed by atoms with Crippen molar-refractivity contribution in [1.29, 1.82) is 5.26 Å². The van der Waals surface area contributed by atoms with Crippen LogP contribution in [0, 0.1) is 11.3 Å². The Kier molecular flexibility index (Phi) is 4.72. The maximum Gasteiger partial charge on any atom is 0.307 e. The average molecular weight is 283 g/mol. The van der Waals surface area contributed by atoms with Gasteiger partial charge in [-0.2, -0.15) is 5.26 Å². The van der Waals surface area contributed by atoms with E-state index in [-0.39, 0.29) is 12.4 Å². The van der Waals surface area contributed by atoms with E-state index in [9.17, 15) is 10.1 Å². The molecule has 1 heterocycles. The van der Waals surface area contributed by atoms with Crippen LogP contribution in [0.4, 0.5) is 5.82 Å². The van der Waals surface area contributed by atoms with Crippen molar-refractivity contribution in [2.45, 2.75) is 13.3 Å². The lowest BCUT2D eigenvalue weighted by molar-refractivity contribution is -0.142. The topological polar surface area (TPSA) is 66.2 Å². The number of ether oxygens (including phenoxy) is 1. The third-order valence-electron chi connectivity index (χ3n) is 3.14. The van der Waals surface area contributed by atoms with Crippen molar-refractivity contribution in [1.82, 2.24) is 4.98 Å². The quantitative estimate of drug-likeness (QED) is 0.789. The molecule has 1 aromatic heterocycles. The van der Waals surface area contributed by atoms with Crippen LogP contribution >= 0.6 is 0 Å². The van der Waals surface area contributed by atoms with E-state index in [2.05, 4.69) is 11.1 Å². The lowest BCUT2D eigenvalue weighted by atomic mass is 10.1. The minimum absolute atomic E-state index is 0.247. The van der Waals surface area contributed by atoms with Gasteiger partial charge in [0.1, 0.15) is 11.9 Å². The van der Waals surface area contributed by atoms with Crippen molar-refractivity contribution >= 4 is 22.7 Å². The van der Waals surface area contributed by atoms with Gasteiger partial charge in [0, 0.05) is 19.0 Å². The number of pyridine rings is 1. The lowest BCUT2D eigenvalue weighted by Crippen LogP contribution is -2.23. The van der Waals surface area contributed by atoms with E-state index in [1.165, 1.54) is 0 Å². The van der Waals surface area contributed by atoms with Gasteiger partial charge in [0.15, 0.2) is 0 Å². The number of aromatic nitrogens is 1. The largest absolute Gasteiger partial charge is 0.466 e. The molecule has 0 radical (unpaired) electrons. The molecule has 0 bridgehead atoms. The Balaban J connectivity index is 2.23. The molecule has 0 unspecified atom stereocenters. The second kappa shape index (κ2) is 6.71. The maximum absolute atomic E-state index is 11.4. The Morgan fingerprint density at radius 2 is 2.19 bits per heavy atom. The van der Waals surface area contributed by atoms with Crippen LogP contribution in [0.1, 0.15) is 18.9 Å². The highest BCUT2D eigenvalue weighted by molar-refractivity contribution is 5.83. The molecule has 0 atom stereocenters. The summed E-state index contributed by atoms with van der Waals surface area (Å²) >= 11 is 0. The maximum atomic E-state index is 11.4. The fourth-order valence-corrected chi connectivity index (χ4v) is 2.08. The fourth-order valence-electron chi connectivity index (χ4n) is 2.08. The number of fused-ring (bicyclic) bond motifs is 1. The smallest absolute Gasteiger partial charge is 0.307 e. The van der Waals surface area contributed by atoms with Crippen molar-refractivity contribution in [2.75, 3.05) is 25.1 Å². The van der Waals surface area contributed by atoms with Crippen LogP contribution in [0.15, 0.2) is 30.3 Å². The zero-order chi connectivity index (χ0) is 15.2. The van der Waals surface area contributed by atoms with Gasteiger partial charge < -0.3 is 9.64 Å². The van der Waals surface area contributed by atoms with Crippen LogP contribution in [0.2, 0.25) is 0 Å². The van der Waals surface area contributed by atoms with Gasteiger partial charge in [0.25, 0.3) is 0 Å². The molecule has 5 heteroatoms. The first-order valence-corrected chi connectivity index (χ1v) is 6.82. The number of anilines is 1. The Labute approximate surface area is 123 Å². The minimum Gasteiger partial charge on any atom is -0.466 e. The first kappa shape index (κ1) is 14.8. The number of carbonyl (C=O) groups excluding carboxylic acids is 1. The number of benzene rings is 1. The molecule has 21 heavy (non-hydrogen) atoms. The van der Waals surface area contributed by atoms with Crippen LogP contribution in [-0.2, 0) is 9.53 Å². The van der Waals surface area contributed by atoms with Crippen molar-refractivity contribution < 1.29 is 9.53 Å². The van der Waals surface area contributed by atoms with E-state index in [0.29, 0.717) is 24.5 Å². The molecule has 0 spiro atoms. The molecule has 5 nitrogen and oxygen atoms in total. The summed E-state index contributed by atoms with van der Waals surface area (Å²) in [5.74, 6) is 0.337. The summed E-state index contributed by atoms with van der Waals surface area (Å²) in [5.41, 5.74) is 1.33. The molecule has 1 aromatic carbocycles. The molecule has 0 aliphatic heterocycles. The second-order valence-electron chi connectivity index (χ2n) is 4.64. The van der Waals surface area contributed by atoms with E-state index in [1.54, 1.807) is 6.92 Å². The molecule has 0 N–H and O–H groups in total. The van der Waals surface area contributed by atoms with Crippen LogP contribution in [0.5, 0.6) is 0 Å². The number of rotatable bonds is 5. The van der Waals surface area contributed by atoms with E-state index in [0.717, 1.165) is 10.9 Å². The minimum atomic E-state index is -0.247. The third-order valence-corrected chi connectivity index (χ3v) is 3.14. The summed E-state index contributed by atoms with van der Waals surface area (Å²) in [7, 11) is 1.82. The number of hydrogen-bond acceptors (Lipinski definition) is 5. The Morgan fingerprint density at radius 1 is 1.43 bits per heavy atom. The molecule has 2 rings (SSSR count). The predicted molar refractivity (Wildman–Crippen MR) is 81.0 cm³/mol. The summed E-state index contributed by atoms with van der Waals surface area (Å²) in [6.07, 6.45) is 0.268. The summed E-state index contributed by atoms with van der Waals surface area (Å²) in [4.78, 5) is 17.7. The SMILES string of the molecule is CCOC(=O)CCN(C)c1nc2ccccc2cc1C#N. The van der Waals surface area contributed by atoms with Crippen LogP contribution in [0.25, 0.3) is 10.9 Å². The van der Waals surface area contributed by atoms with Gasteiger partial charge in [0.05, 0.1) is 24.1 Å². The summed E-state index contributed by atoms with van der Waals surface area (Å²) < 4.78 is 4.90. The van der Waals surface area contributed by atoms with Gasteiger partial charge in [0.2, 0.25) is 0 Å². The zero-order valence-corrected chi connectivity index (χ0v) is 12.2. The van der Waals surface area contributed by atoms with Gasteiger partial charge in [-0.05, 0) is 19.1 Å². The first-order chi connectivity index (χ1) is 10.2. The third kappa shape index (κ3) is 3.48. The molecule has 2 aromatic rings. The summed E-state index contributed by atoms with van der Waals surface area (Å²) in [6, 6.07) is 11.6. The molecule has 0 saturated carbocycles. The highest BCUT2D eigenvalue weighted by Crippen LogP contribution is 2.22. The van der Waals surface area contributed by atoms with Crippen molar-refractivity contribution in [2.24, 2.45) is 0 Å². The van der Waals surface area contributed by atoms with E-state index < -0.39 is 0 Å². The molecule has 0 aliphatic carbocycles. The zero-order valence-electron chi connectivity index (χ0n) is 12.2. The van der Waals surface area contributed by atoms with Crippen molar-refractivity contribution in [3.05, 3.63) is 35.9 Å². The van der Waals surface area contributed by atoms with Crippen molar-refractivity contribution in [3.63, 3.8) is 0 Å². The molecule has 0 fully saturated rings. The molecule has 108 valence electrons. The summed E-state index contributed by atoms with van der Waals surface area (Å²) in [6.45, 7) is 2.61. The van der Waals surface area contributed by atoms with Crippen molar-refractivity contribution in [3.8, 4) is 6.07 Å². The Morgan fingerprint density at radius 3 is 2.90 bits per heavy atom. The monoisotopic (exact) mass is 283 g/mol. The van der Waals surface area contributed by atoms with Crippen LogP contribution < -0.4 is 4.90 Å². The second-order valence-corrected chi connectivity index (χ2v) is 4.64. The van der Waals surface area contributed by atoms with Crippen LogP contribution in [-0.4, -0.2) is 31.2 Å². The van der Waals surface area contributed by atoms with E-state index in [1.807, 2.05) is 42.3 Å². The number of para-hydroxylation sites is 1. The molecular weight excluding hydrogens is 266 g/mol. The van der Waals surface area contributed by atoms with Gasteiger partial charge in [-0.25, -0.2) is 4.98 Å². The van der Waals surface area contributed by atoms with Gasteiger partial charge in [-0.3, -0.25) is 4.79 Å². The Bertz CT molecular complexity index is 691. The predicted octanol–water partition coefficient (Wildman–Crippen LogP) is 2.50. The number of carbonyl (C=O) groups is 1. The highest BCUT2D eigenvalue weighted by Gasteiger charge is 2.12. The highest BCUT2D eigenvalue weighted by atomic mass is 16.5. The number of nitrogens with zero attached hydrogens (tertiary/aromatic N) is 3. The number of nitriles is 1. The normalized spacial score (nSPS) is 10.1. The first-order valence-electron chi connectivity index (χ1n) is 6.82.